The molecule has 2 nitrogen and oxygen atoms in total. The average molecular weight is 344 g/mol. The number of carbonyl (C=O) groups is 1. The first-order valence-corrected chi connectivity index (χ1v) is 7.58. The van der Waals surface area contributed by atoms with Crippen LogP contribution in [0, 0.1) is 13.8 Å². The van der Waals surface area contributed by atoms with E-state index in [1.807, 2.05) is 43.3 Å². The van der Waals surface area contributed by atoms with Crippen LogP contribution in [0.25, 0.3) is 0 Å². The molecule has 108 valence electrons. The number of allylic oxidation sites excluding steroid dienone is 2. The van der Waals surface area contributed by atoms with Gasteiger partial charge in [-0.25, -0.2) is 0 Å². The maximum Gasteiger partial charge on any atom is 0.187 e. The molecule has 0 heterocycles. The molecular formula is C18H18BrNO. The molecule has 0 aliphatic carbocycles. The SMILES string of the molecule is CC(=CC(=O)c1ccc(Br)cc1)Nc1cccc(C)c1C. The second-order valence-corrected chi connectivity index (χ2v) is 5.99. The molecule has 2 aromatic rings. The third kappa shape index (κ3) is 4.05. The summed E-state index contributed by atoms with van der Waals surface area (Å²) in [5, 5.41) is 3.29. The van der Waals surface area contributed by atoms with E-state index in [0.717, 1.165) is 15.9 Å². The lowest BCUT2D eigenvalue weighted by Gasteiger charge is -2.11. The summed E-state index contributed by atoms with van der Waals surface area (Å²) in [5.41, 5.74) is 4.97. The summed E-state index contributed by atoms with van der Waals surface area (Å²) in [6, 6.07) is 13.5. The number of halogens is 1. The number of hydrogen-bond acceptors (Lipinski definition) is 2. The summed E-state index contributed by atoms with van der Waals surface area (Å²) in [6.45, 7) is 6.05. The van der Waals surface area contributed by atoms with Crippen molar-refractivity contribution in [3.8, 4) is 0 Å². The standard InChI is InChI=1S/C18H18BrNO/c1-12-5-4-6-17(14(12)3)20-13(2)11-18(21)15-7-9-16(19)10-8-15/h4-11,20H,1-3H3. The van der Waals surface area contributed by atoms with Gasteiger partial charge in [0.15, 0.2) is 5.78 Å². The number of hydrogen-bond donors (Lipinski definition) is 1. The minimum atomic E-state index is -0.00203. The van der Waals surface area contributed by atoms with Gasteiger partial charge in [0, 0.05) is 27.5 Å². The first-order valence-electron chi connectivity index (χ1n) is 6.79. The minimum Gasteiger partial charge on any atom is -0.359 e. The van der Waals surface area contributed by atoms with Crippen LogP contribution in [0.15, 0.2) is 58.7 Å². The zero-order valence-electron chi connectivity index (χ0n) is 12.4. The van der Waals surface area contributed by atoms with Gasteiger partial charge in [-0.15, -0.1) is 0 Å². The van der Waals surface area contributed by atoms with Gasteiger partial charge in [-0.2, -0.15) is 0 Å². The summed E-state index contributed by atoms with van der Waals surface area (Å²) in [7, 11) is 0. The van der Waals surface area contributed by atoms with Gasteiger partial charge in [0.2, 0.25) is 0 Å². The Balaban J connectivity index is 2.15. The molecule has 0 aliphatic heterocycles. The summed E-state index contributed by atoms with van der Waals surface area (Å²) in [5.74, 6) is -0.00203. The van der Waals surface area contributed by atoms with Crippen LogP contribution in [0.2, 0.25) is 0 Å². The zero-order chi connectivity index (χ0) is 15.4. The fraction of sp³-hybridized carbons (Fsp3) is 0.167. The molecule has 0 aliphatic rings. The second kappa shape index (κ2) is 6.72. The highest BCUT2D eigenvalue weighted by atomic mass is 79.9. The number of carbonyl (C=O) groups excluding carboxylic acids is 1. The van der Waals surface area contributed by atoms with Crippen LogP contribution in [0.5, 0.6) is 0 Å². The number of ketones is 1. The van der Waals surface area contributed by atoms with Crippen molar-refractivity contribution in [2.45, 2.75) is 20.8 Å². The average Bonchev–Trinajstić information content (AvgIpc) is 2.44. The van der Waals surface area contributed by atoms with E-state index in [1.54, 1.807) is 6.08 Å². The number of benzene rings is 2. The molecule has 2 rings (SSSR count). The highest BCUT2D eigenvalue weighted by Gasteiger charge is 2.05. The number of nitrogens with one attached hydrogen (secondary N) is 1. The fourth-order valence-electron chi connectivity index (χ4n) is 2.03. The van der Waals surface area contributed by atoms with Crippen molar-refractivity contribution >= 4 is 27.4 Å². The molecule has 0 aromatic heterocycles. The van der Waals surface area contributed by atoms with E-state index in [9.17, 15) is 4.79 Å². The Morgan fingerprint density at radius 1 is 1.10 bits per heavy atom. The molecule has 21 heavy (non-hydrogen) atoms. The smallest absolute Gasteiger partial charge is 0.187 e. The summed E-state index contributed by atoms with van der Waals surface area (Å²) in [6.07, 6.45) is 1.63. The molecule has 0 saturated heterocycles. The van der Waals surface area contributed by atoms with Crippen LogP contribution < -0.4 is 5.32 Å². The van der Waals surface area contributed by atoms with Crippen molar-refractivity contribution in [1.29, 1.82) is 0 Å². The highest BCUT2D eigenvalue weighted by Crippen LogP contribution is 2.20. The van der Waals surface area contributed by atoms with Gasteiger partial charge in [-0.1, -0.05) is 28.1 Å². The lowest BCUT2D eigenvalue weighted by atomic mass is 10.1. The van der Waals surface area contributed by atoms with E-state index in [0.29, 0.717) is 5.56 Å². The van der Waals surface area contributed by atoms with E-state index < -0.39 is 0 Å². The van der Waals surface area contributed by atoms with E-state index in [2.05, 4.69) is 41.2 Å². The van der Waals surface area contributed by atoms with Crippen molar-refractivity contribution in [3.63, 3.8) is 0 Å². The van der Waals surface area contributed by atoms with E-state index in [1.165, 1.54) is 11.1 Å². The largest absolute Gasteiger partial charge is 0.359 e. The second-order valence-electron chi connectivity index (χ2n) is 5.07. The van der Waals surface area contributed by atoms with Gasteiger partial charge in [-0.3, -0.25) is 4.79 Å². The summed E-state index contributed by atoms with van der Waals surface area (Å²) >= 11 is 3.37. The third-order valence-corrected chi connectivity index (χ3v) is 3.94. The monoisotopic (exact) mass is 343 g/mol. The summed E-state index contributed by atoms with van der Waals surface area (Å²) in [4.78, 5) is 12.2. The van der Waals surface area contributed by atoms with Crippen LogP contribution in [0.4, 0.5) is 5.69 Å². The van der Waals surface area contributed by atoms with Gasteiger partial charge >= 0.3 is 0 Å². The zero-order valence-corrected chi connectivity index (χ0v) is 14.0. The lowest BCUT2D eigenvalue weighted by Crippen LogP contribution is -2.03. The van der Waals surface area contributed by atoms with Crippen molar-refractivity contribution in [2.24, 2.45) is 0 Å². The van der Waals surface area contributed by atoms with Crippen molar-refractivity contribution in [1.82, 2.24) is 0 Å². The Bertz CT molecular complexity index is 687. The van der Waals surface area contributed by atoms with Gasteiger partial charge in [0.1, 0.15) is 0 Å². The van der Waals surface area contributed by atoms with E-state index >= 15 is 0 Å². The first kappa shape index (κ1) is 15.5. The molecular weight excluding hydrogens is 326 g/mol. The Morgan fingerprint density at radius 2 is 1.76 bits per heavy atom. The van der Waals surface area contributed by atoms with E-state index in [-0.39, 0.29) is 5.78 Å². The molecule has 0 bridgehead atoms. The van der Waals surface area contributed by atoms with Crippen LogP contribution in [-0.4, -0.2) is 5.78 Å². The van der Waals surface area contributed by atoms with Gasteiger partial charge in [-0.05, 0) is 62.2 Å². The Kier molecular flexibility index (Phi) is 4.97. The Morgan fingerprint density at radius 3 is 2.43 bits per heavy atom. The molecule has 2 aromatic carbocycles. The van der Waals surface area contributed by atoms with Crippen LogP contribution >= 0.6 is 15.9 Å². The van der Waals surface area contributed by atoms with Crippen molar-refractivity contribution in [2.75, 3.05) is 5.32 Å². The maximum absolute atomic E-state index is 12.2. The predicted molar refractivity (Wildman–Crippen MR) is 91.8 cm³/mol. The molecule has 0 fully saturated rings. The molecule has 0 unspecified atom stereocenters. The molecule has 3 heteroatoms. The Labute approximate surface area is 134 Å². The minimum absolute atomic E-state index is 0.00203. The number of anilines is 1. The topological polar surface area (TPSA) is 29.1 Å². The molecule has 0 radical (unpaired) electrons. The van der Waals surface area contributed by atoms with Crippen molar-refractivity contribution in [3.05, 3.63) is 75.4 Å². The predicted octanol–water partition coefficient (Wildman–Crippen LogP) is 5.26. The van der Waals surface area contributed by atoms with Crippen LogP contribution in [0.1, 0.15) is 28.4 Å². The normalized spacial score (nSPS) is 11.3. The fourth-order valence-corrected chi connectivity index (χ4v) is 2.29. The molecule has 0 atom stereocenters. The molecule has 0 saturated carbocycles. The van der Waals surface area contributed by atoms with Crippen LogP contribution in [-0.2, 0) is 0 Å². The molecule has 0 amide bonds. The number of rotatable bonds is 4. The molecule has 0 spiro atoms. The Hall–Kier alpha value is -1.87. The highest BCUT2D eigenvalue weighted by molar-refractivity contribution is 9.10. The van der Waals surface area contributed by atoms with Crippen LogP contribution in [0.3, 0.4) is 0 Å². The van der Waals surface area contributed by atoms with E-state index in [4.69, 9.17) is 0 Å². The first-order chi connectivity index (χ1) is 9.97. The third-order valence-electron chi connectivity index (χ3n) is 3.41. The lowest BCUT2D eigenvalue weighted by molar-refractivity contribution is 0.104. The van der Waals surface area contributed by atoms with Gasteiger partial charge < -0.3 is 5.32 Å². The van der Waals surface area contributed by atoms with Gasteiger partial charge in [0.25, 0.3) is 0 Å². The summed E-state index contributed by atoms with van der Waals surface area (Å²) < 4.78 is 0.966. The van der Waals surface area contributed by atoms with Crippen molar-refractivity contribution < 1.29 is 4.79 Å². The quantitative estimate of drug-likeness (QED) is 0.605. The van der Waals surface area contributed by atoms with Gasteiger partial charge in [0.05, 0.1) is 0 Å². The maximum atomic E-state index is 12.2. The molecule has 1 N–H and O–H groups in total. The number of aryl methyl sites for hydroxylation is 1.